The number of nitrogens with one attached hydrogen (secondary N) is 1. The third-order valence-electron chi connectivity index (χ3n) is 2.27. The van der Waals surface area contributed by atoms with Crippen LogP contribution in [-0.4, -0.2) is 27.4 Å². The highest BCUT2D eigenvalue weighted by atomic mass is 16.1. The normalized spacial score (nSPS) is 10.8. The molecular weight excluding hydrogens is 204 g/mol. The lowest BCUT2D eigenvalue weighted by Crippen LogP contribution is -2.24. The lowest BCUT2D eigenvalue weighted by atomic mass is 10.2. The van der Waals surface area contributed by atoms with Gasteiger partial charge in [-0.1, -0.05) is 12.1 Å². The quantitative estimate of drug-likeness (QED) is 0.792. The molecule has 0 aliphatic heterocycles. The van der Waals surface area contributed by atoms with E-state index in [0.29, 0.717) is 18.9 Å². The van der Waals surface area contributed by atoms with Crippen molar-refractivity contribution in [3.63, 3.8) is 0 Å². The Morgan fingerprint density at radius 2 is 2.31 bits per heavy atom. The van der Waals surface area contributed by atoms with Gasteiger partial charge in [-0.05, 0) is 20.3 Å². The van der Waals surface area contributed by atoms with Gasteiger partial charge in [0.15, 0.2) is 0 Å². The van der Waals surface area contributed by atoms with Crippen LogP contribution in [0, 0.1) is 0 Å². The fourth-order valence-electron chi connectivity index (χ4n) is 1.27. The first-order valence-corrected chi connectivity index (χ1v) is 5.81. The fourth-order valence-corrected chi connectivity index (χ4v) is 1.27. The monoisotopic (exact) mass is 224 g/mol. The van der Waals surface area contributed by atoms with Gasteiger partial charge in [0, 0.05) is 31.6 Å². The van der Waals surface area contributed by atoms with Gasteiger partial charge < -0.3 is 5.32 Å². The van der Waals surface area contributed by atoms with Crippen molar-refractivity contribution in [3.8, 4) is 0 Å². The number of aryl methyl sites for hydroxylation is 1. The second-order valence-electron chi connectivity index (χ2n) is 4.13. The first-order valence-electron chi connectivity index (χ1n) is 5.81. The van der Waals surface area contributed by atoms with E-state index in [1.807, 2.05) is 27.0 Å². The highest BCUT2D eigenvalue weighted by Crippen LogP contribution is 2.04. The van der Waals surface area contributed by atoms with Gasteiger partial charge in [0.1, 0.15) is 0 Å². The molecule has 1 aromatic heterocycles. The molecule has 5 nitrogen and oxygen atoms in total. The molecule has 1 amide bonds. The molecule has 0 saturated heterocycles. The van der Waals surface area contributed by atoms with Crippen molar-refractivity contribution in [3.05, 3.63) is 11.9 Å². The number of aromatic nitrogens is 3. The predicted molar refractivity (Wildman–Crippen MR) is 62.0 cm³/mol. The Morgan fingerprint density at radius 1 is 1.56 bits per heavy atom. The van der Waals surface area contributed by atoms with Crippen molar-refractivity contribution in [2.24, 2.45) is 0 Å². The van der Waals surface area contributed by atoms with E-state index in [0.717, 1.165) is 18.7 Å². The Morgan fingerprint density at radius 3 is 2.88 bits per heavy atom. The number of nitrogens with zero attached hydrogens (tertiary/aromatic N) is 3. The average Bonchev–Trinajstić information content (AvgIpc) is 2.72. The summed E-state index contributed by atoms with van der Waals surface area (Å²) in [6, 6.07) is 0.315. The summed E-state index contributed by atoms with van der Waals surface area (Å²) in [6.07, 6.45) is 4.01. The number of hydrogen-bond acceptors (Lipinski definition) is 3. The first-order chi connectivity index (χ1) is 7.63. The second kappa shape index (κ2) is 6.25. The first kappa shape index (κ1) is 12.7. The minimum absolute atomic E-state index is 0.0842. The zero-order chi connectivity index (χ0) is 12.0. The van der Waals surface area contributed by atoms with Crippen LogP contribution in [0.5, 0.6) is 0 Å². The highest BCUT2D eigenvalue weighted by molar-refractivity contribution is 5.75. The van der Waals surface area contributed by atoms with E-state index in [1.54, 1.807) is 4.68 Å². The Kier molecular flexibility index (Phi) is 4.95. The maximum Gasteiger partial charge on any atom is 0.220 e. The minimum atomic E-state index is 0.0842. The van der Waals surface area contributed by atoms with Gasteiger partial charge in [0.25, 0.3) is 0 Å². The van der Waals surface area contributed by atoms with Gasteiger partial charge in [-0.25, -0.2) is 4.68 Å². The van der Waals surface area contributed by atoms with Crippen molar-refractivity contribution in [1.29, 1.82) is 0 Å². The van der Waals surface area contributed by atoms with E-state index in [2.05, 4.69) is 15.6 Å². The summed E-state index contributed by atoms with van der Waals surface area (Å²) in [5.41, 5.74) is 0.875. The van der Waals surface area contributed by atoms with Crippen LogP contribution in [0.3, 0.4) is 0 Å². The SMILES string of the molecule is CCCNC(=O)CCc1cn(C(C)C)nn1. The molecule has 16 heavy (non-hydrogen) atoms. The molecule has 0 radical (unpaired) electrons. The smallest absolute Gasteiger partial charge is 0.220 e. The van der Waals surface area contributed by atoms with E-state index in [1.165, 1.54) is 0 Å². The number of hydrogen-bond donors (Lipinski definition) is 1. The van der Waals surface area contributed by atoms with Gasteiger partial charge in [0.2, 0.25) is 5.91 Å². The summed E-state index contributed by atoms with van der Waals surface area (Å²) < 4.78 is 1.80. The molecule has 0 aliphatic carbocycles. The van der Waals surface area contributed by atoms with Crippen LogP contribution < -0.4 is 5.32 Å². The Balaban J connectivity index is 2.33. The lowest BCUT2D eigenvalue weighted by molar-refractivity contribution is -0.121. The molecular formula is C11H20N4O. The molecule has 90 valence electrons. The molecule has 0 atom stereocenters. The molecule has 1 aromatic rings. The number of amides is 1. The van der Waals surface area contributed by atoms with Crippen molar-refractivity contribution >= 4 is 5.91 Å². The molecule has 0 bridgehead atoms. The third kappa shape index (κ3) is 4.00. The van der Waals surface area contributed by atoms with Gasteiger partial charge in [-0.15, -0.1) is 5.10 Å². The topological polar surface area (TPSA) is 59.8 Å². The molecule has 1 rings (SSSR count). The molecule has 1 heterocycles. The molecule has 0 fully saturated rings. The van der Waals surface area contributed by atoms with E-state index < -0.39 is 0 Å². The van der Waals surface area contributed by atoms with Crippen LogP contribution in [0.1, 0.15) is 45.3 Å². The van der Waals surface area contributed by atoms with E-state index >= 15 is 0 Å². The largest absolute Gasteiger partial charge is 0.356 e. The maximum atomic E-state index is 11.3. The number of carbonyl (C=O) groups excluding carboxylic acids is 1. The maximum absolute atomic E-state index is 11.3. The molecule has 0 aliphatic rings. The zero-order valence-electron chi connectivity index (χ0n) is 10.2. The third-order valence-corrected chi connectivity index (χ3v) is 2.27. The van der Waals surface area contributed by atoms with E-state index in [-0.39, 0.29) is 5.91 Å². The van der Waals surface area contributed by atoms with Crippen LogP contribution in [0.2, 0.25) is 0 Å². The van der Waals surface area contributed by atoms with Gasteiger partial charge >= 0.3 is 0 Å². The Bertz CT molecular complexity index is 332. The van der Waals surface area contributed by atoms with Gasteiger partial charge in [-0.3, -0.25) is 4.79 Å². The summed E-state index contributed by atoms with van der Waals surface area (Å²) in [5.74, 6) is 0.0842. The summed E-state index contributed by atoms with van der Waals surface area (Å²) in [4.78, 5) is 11.3. The lowest BCUT2D eigenvalue weighted by Gasteiger charge is -2.02. The Labute approximate surface area is 96.2 Å². The second-order valence-corrected chi connectivity index (χ2v) is 4.13. The molecule has 0 spiro atoms. The van der Waals surface area contributed by atoms with Gasteiger partial charge in [0.05, 0.1) is 5.69 Å². The number of rotatable bonds is 6. The average molecular weight is 224 g/mol. The van der Waals surface area contributed by atoms with Crippen LogP contribution in [0.4, 0.5) is 0 Å². The Hall–Kier alpha value is -1.39. The fraction of sp³-hybridized carbons (Fsp3) is 0.727. The van der Waals surface area contributed by atoms with Crippen molar-refractivity contribution in [1.82, 2.24) is 20.3 Å². The minimum Gasteiger partial charge on any atom is -0.356 e. The van der Waals surface area contributed by atoms with E-state index in [9.17, 15) is 4.79 Å². The van der Waals surface area contributed by atoms with Crippen LogP contribution >= 0.6 is 0 Å². The van der Waals surface area contributed by atoms with E-state index in [4.69, 9.17) is 0 Å². The standard InChI is InChI=1S/C11H20N4O/c1-4-7-12-11(16)6-5-10-8-15(9(2)3)14-13-10/h8-9H,4-7H2,1-3H3,(H,12,16). The molecule has 1 N–H and O–H groups in total. The molecule has 0 unspecified atom stereocenters. The summed E-state index contributed by atoms with van der Waals surface area (Å²) in [5, 5.41) is 10.9. The van der Waals surface area contributed by atoms with Crippen molar-refractivity contribution < 1.29 is 4.79 Å². The molecule has 5 heteroatoms. The van der Waals surface area contributed by atoms with Gasteiger partial charge in [-0.2, -0.15) is 0 Å². The highest BCUT2D eigenvalue weighted by Gasteiger charge is 2.06. The van der Waals surface area contributed by atoms with Crippen LogP contribution in [0.25, 0.3) is 0 Å². The van der Waals surface area contributed by atoms with Crippen molar-refractivity contribution in [2.45, 2.75) is 46.1 Å². The number of carbonyl (C=O) groups is 1. The zero-order valence-corrected chi connectivity index (χ0v) is 10.2. The molecule has 0 saturated carbocycles. The summed E-state index contributed by atoms with van der Waals surface area (Å²) in [7, 11) is 0. The summed E-state index contributed by atoms with van der Waals surface area (Å²) >= 11 is 0. The van der Waals surface area contributed by atoms with Crippen LogP contribution in [0.15, 0.2) is 6.20 Å². The van der Waals surface area contributed by atoms with Crippen LogP contribution in [-0.2, 0) is 11.2 Å². The molecule has 0 aromatic carbocycles. The van der Waals surface area contributed by atoms with Crippen molar-refractivity contribution in [2.75, 3.05) is 6.54 Å². The predicted octanol–water partition coefficient (Wildman–Crippen LogP) is 1.32. The summed E-state index contributed by atoms with van der Waals surface area (Å²) in [6.45, 7) is 6.88.